The molecule has 1 saturated heterocycles. The van der Waals surface area contributed by atoms with Crippen LogP contribution in [0.4, 0.5) is 11.6 Å². The zero-order valence-corrected chi connectivity index (χ0v) is 16.6. The van der Waals surface area contributed by atoms with Crippen LogP contribution in [0.25, 0.3) is 10.9 Å². The summed E-state index contributed by atoms with van der Waals surface area (Å²) < 4.78 is 0. The van der Waals surface area contributed by atoms with E-state index >= 15 is 0 Å². The van der Waals surface area contributed by atoms with E-state index in [4.69, 9.17) is 11.6 Å². The number of hydrogen-bond acceptors (Lipinski definition) is 5. The minimum atomic E-state index is 0.595. The molecule has 0 radical (unpaired) electrons. The van der Waals surface area contributed by atoms with E-state index in [1.54, 1.807) is 12.4 Å². The third-order valence-electron chi connectivity index (χ3n) is 6.30. The van der Waals surface area contributed by atoms with Gasteiger partial charge in [0.05, 0.1) is 29.1 Å². The Morgan fingerprint density at radius 3 is 2.79 bits per heavy atom. The molecule has 2 atom stereocenters. The Morgan fingerprint density at radius 2 is 1.96 bits per heavy atom. The maximum atomic E-state index is 5.89. The van der Waals surface area contributed by atoms with Crippen LogP contribution in [0.2, 0.25) is 5.02 Å². The summed E-state index contributed by atoms with van der Waals surface area (Å²) in [5.41, 5.74) is 2.27. The Kier molecular flexibility index (Phi) is 4.81. The van der Waals surface area contributed by atoms with Crippen molar-refractivity contribution in [2.75, 3.05) is 29.9 Å². The number of fused-ring (bicyclic) bond motifs is 1. The fraction of sp³-hybridized carbons (Fsp3) is 0.476. The first-order valence-electron chi connectivity index (χ1n) is 10.2. The molecule has 1 unspecified atom stereocenters. The van der Waals surface area contributed by atoms with Gasteiger partial charge >= 0.3 is 0 Å². The quantitative estimate of drug-likeness (QED) is 0.647. The lowest BCUT2D eigenvalue weighted by Crippen LogP contribution is -2.35. The van der Waals surface area contributed by atoms with Gasteiger partial charge in [-0.05, 0) is 61.6 Å². The molecule has 6 nitrogen and oxygen atoms in total. The highest BCUT2D eigenvalue weighted by Gasteiger charge is 2.43. The highest BCUT2D eigenvalue weighted by atomic mass is 35.5. The van der Waals surface area contributed by atoms with Crippen molar-refractivity contribution in [3.8, 4) is 0 Å². The van der Waals surface area contributed by atoms with Gasteiger partial charge in [0.15, 0.2) is 0 Å². The van der Waals surface area contributed by atoms with Gasteiger partial charge in [-0.15, -0.1) is 0 Å². The normalized spacial score (nSPS) is 22.5. The fourth-order valence-electron chi connectivity index (χ4n) is 4.63. The third kappa shape index (κ3) is 3.78. The topological polar surface area (TPSA) is 69.7 Å². The van der Waals surface area contributed by atoms with Gasteiger partial charge in [0, 0.05) is 30.7 Å². The molecule has 0 spiro atoms. The van der Waals surface area contributed by atoms with Crippen LogP contribution in [0.15, 0.2) is 36.8 Å². The molecular formula is C21H25ClN6. The molecule has 1 aliphatic heterocycles. The molecule has 2 aromatic heterocycles. The predicted octanol–water partition coefficient (Wildman–Crippen LogP) is 4.36. The van der Waals surface area contributed by atoms with Gasteiger partial charge in [-0.1, -0.05) is 11.6 Å². The van der Waals surface area contributed by atoms with E-state index in [1.807, 2.05) is 6.20 Å². The SMILES string of the molecule is Clc1cnc(N2CCC(C3C[C@H]3CCNc3ccc4[nH]ncc4c3)CC2)nc1. The van der Waals surface area contributed by atoms with E-state index < -0.39 is 0 Å². The number of hydrogen-bond donors (Lipinski definition) is 2. The molecule has 1 aliphatic carbocycles. The van der Waals surface area contributed by atoms with Gasteiger partial charge in [0.2, 0.25) is 5.95 Å². The van der Waals surface area contributed by atoms with Gasteiger partial charge in [0.1, 0.15) is 0 Å². The maximum Gasteiger partial charge on any atom is 0.225 e. The molecule has 1 aromatic carbocycles. The third-order valence-corrected chi connectivity index (χ3v) is 6.49. The fourth-order valence-corrected chi connectivity index (χ4v) is 4.73. The number of H-pyrrole nitrogens is 1. The Hall–Kier alpha value is -2.34. The number of anilines is 2. The van der Waals surface area contributed by atoms with E-state index in [0.29, 0.717) is 5.02 Å². The van der Waals surface area contributed by atoms with Gasteiger partial charge in [-0.3, -0.25) is 5.10 Å². The van der Waals surface area contributed by atoms with Gasteiger partial charge in [-0.25, -0.2) is 9.97 Å². The van der Waals surface area contributed by atoms with Gasteiger partial charge in [0.25, 0.3) is 0 Å². The van der Waals surface area contributed by atoms with E-state index in [0.717, 1.165) is 54.2 Å². The van der Waals surface area contributed by atoms with Crippen molar-refractivity contribution in [3.05, 3.63) is 41.8 Å². The monoisotopic (exact) mass is 396 g/mol. The number of benzene rings is 1. The first-order valence-corrected chi connectivity index (χ1v) is 10.5. The smallest absolute Gasteiger partial charge is 0.225 e. The summed E-state index contributed by atoms with van der Waals surface area (Å²) in [6, 6.07) is 6.37. The Labute approximate surface area is 169 Å². The second kappa shape index (κ2) is 7.59. The number of halogens is 1. The van der Waals surface area contributed by atoms with Crippen molar-refractivity contribution in [3.63, 3.8) is 0 Å². The Morgan fingerprint density at radius 1 is 1.14 bits per heavy atom. The van der Waals surface area contributed by atoms with Crippen molar-refractivity contribution < 1.29 is 0 Å². The van der Waals surface area contributed by atoms with Crippen LogP contribution in [0.3, 0.4) is 0 Å². The average molecular weight is 397 g/mol. The van der Waals surface area contributed by atoms with Crippen molar-refractivity contribution >= 4 is 34.1 Å². The molecular weight excluding hydrogens is 372 g/mol. The number of rotatable bonds is 6. The average Bonchev–Trinajstić information content (AvgIpc) is 3.34. The Bertz CT molecular complexity index is 931. The van der Waals surface area contributed by atoms with Crippen molar-refractivity contribution in [1.29, 1.82) is 0 Å². The molecule has 1 saturated carbocycles. The van der Waals surface area contributed by atoms with E-state index in [9.17, 15) is 0 Å². The summed E-state index contributed by atoms with van der Waals surface area (Å²) >= 11 is 5.89. The van der Waals surface area contributed by atoms with Crippen molar-refractivity contribution in [2.24, 2.45) is 17.8 Å². The van der Waals surface area contributed by atoms with Crippen molar-refractivity contribution in [1.82, 2.24) is 20.2 Å². The summed E-state index contributed by atoms with van der Waals surface area (Å²) in [5.74, 6) is 3.46. The molecule has 2 fully saturated rings. The van der Waals surface area contributed by atoms with Crippen LogP contribution in [0.1, 0.15) is 25.7 Å². The number of piperidine rings is 1. The summed E-state index contributed by atoms with van der Waals surface area (Å²) in [5, 5.41) is 12.4. The second-order valence-corrected chi connectivity index (χ2v) is 8.51. The predicted molar refractivity (Wildman–Crippen MR) is 113 cm³/mol. The van der Waals surface area contributed by atoms with Gasteiger partial charge in [-0.2, -0.15) is 5.10 Å². The highest BCUT2D eigenvalue weighted by Crippen LogP contribution is 2.49. The Balaban J connectivity index is 1.06. The van der Waals surface area contributed by atoms with Crippen LogP contribution in [0, 0.1) is 17.8 Å². The minimum Gasteiger partial charge on any atom is -0.385 e. The van der Waals surface area contributed by atoms with Crippen LogP contribution < -0.4 is 10.2 Å². The van der Waals surface area contributed by atoms with Crippen LogP contribution in [-0.4, -0.2) is 39.8 Å². The summed E-state index contributed by atoms with van der Waals surface area (Å²) in [6.45, 7) is 3.15. The summed E-state index contributed by atoms with van der Waals surface area (Å²) in [7, 11) is 0. The van der Waals surface area contributed by atoms with E-state index in [-0.39, 0.29) is 0 Å². The zero-order chi connectivity index (χ0) is 18.9. The summed E-state index contributed by atoms with van der Waals surface area (Å²) in [4.78, 5) is 11.0. The minimum absolute atomic E-state index is 0.595. The molecule has 3 heterocycles. The van der Waals surface area contributed by atoms with E-state index in [2.05, 4.69) is 48.6 Å². The zero-order valence-electron chi connectivity index (χ0n) is 15.8. The number of nitrogens with one attached hydrogen (secondary N) is 2. The lowest BCUT2D eigenvalue weighted by Gasteiger charge is -2.32. The second-order valence-electron chi connectivity index (χ2n) is 8.07. The highest BCUT2D eigenvalue weighted by molar-refractivity contribution is 6.30. The van der Waals surface area contributed by atoms with Crippen LogP contribution >= 0.6 is 11.6 Å². The molecule has 28 heavy (non-hydrogen) atoms. The van der Waals surface area contributed by atoms with E-state index in [1.165, 1.54) is 31.4 Å². The van der Waals surface area contributed by atoms with Crippen LogP contribution in [0.5, 0.6) is 0 Å². The lowest BCUT2D eigenvalue weighted by molar-refractivity contribution is 0.343. The summed E-state index contributed by atoms with van der Waals surface area (Å²) in [6.07, 6.45) is 10.4. The molecule has 5 rings (SSSR count). The molecule has 146 valence electrons. The first-order chi connectivity index (χ1) is 13.8. The largest absolute Gasteiger partial charge is 0.385 e. The molecule has 0 bridgehead atoms. The van der Waals surface area contributed by atoms with Crippen molar-refractivity contribution in [2.45, 2.75) is 25.7 Å². The molecule has 7 heteroatoms. The maximum absolute atomic E-state index is 5.89. The number of nitrogens with zero attached hydrogens (tertiary/aromatic N) is 4. The number of aromatic amines is 1. The molecule has 2 N–H and O–H groups in total. The first kappa shape index (κ1) is 17.7. The molecule has 2 aliphatic rings. The van der Waals surface area contributed by atoms with Crippen LogP contribution in [-0.2, 0) is 0 Å². The van der Waals surface area contributed by atoms with Gasteiger partial charge < -0.3 is 10.2 Å². The number of aromatic nitrogens is 4. The molecule has 3 aromatic rings. The molecule has 0 amide bonds. The standard InChI is InChI=1S/C21H25ClN6/c22-17-12-24-21(25-13-17)28-7-4-14(5-8-28)19-10-15(19)3-6-23-18-1-2-20-16(9-18)11-26-27-20/h1-2,9,11-15,19,23H,3-8,10H2,(H,26,27)/t15-,19?/m1/s1. The lowest BCUT2D eigenvalue weighted by atomic mass is 9.90.